The molecule has 5 rings (SSSR count). The first-order valence-electron chi connectivity index (χ1n) is 21.3. The van der Waals surface area contributed by atoms with E-state index in [0.29, 0.717) is 53.5 Å². The summed E-state index contributed by atoms with van der Waals surface area (Å²) >= 11 is 0. The van der Waals surface area contributed by atoms with E-state index in [-0.39, 0.29) is 55.5 Å². The highest BCUT2D eigenvalue weighted by Gasteiger charge is 2.46. The number of amides is 3. The molecule has 20 nitrogen and oxygen atoms in total. The third-order valence-corrected chi connectivity index (χ3v) is 14.2. The maximum atomic E-state index is 13.3. The number of carbonyl (C=O) groups is 4. The van der Waals surface area contributed by atoms with E-state index in [4.69, 9.17) is 14.7 Å². The number of nitrogens with zero attached hydrogens (tertiary/aromatic N) is 5. The summed E-state index contributed by atoms with van der Waals surface area (Å²) in [6.07, 6.45) is 15.6. The number of aliphatic imine (C=N–C) groups is 1. The number of hydrogen-bond acceptors (Lipinski definition) is 14. The highest BCUT2D eigenvalue weighted by atomic mass is 32.2. The molecule has 0 saturated carbocycles. The van der Waals surface area contributed by atoms with Gasteiger partial charge in [-0.1, -0.05) is 50.6 Å². The Kier molecular flexibility index (Phi) is 16.7. The molecule has 3 N–H and O–H groups in total. The first-order valence-corrected chi connectivity index (χ1v) is 26.0. The van der Waals surface area contributed by atoms with Crippen molar-refractivity contribution < 1.29 is 72.3 Å². The van der Waals surface area contributed by atoms with Crippen LogP contribution in [-0.2, 0) is 71.8 Å². The van der Waals surface area contributed by atoms with Crippen molar-refractivity contribution in [2.24, 2.45) is 4.99 Å². The lowest BCUT2D eigenvalue weighted by atomic mass is 9.76. The second-order valence-electron chi connectivity index (χ2n) is 17.0. The van der Waals surface area contributed by atoms with E-state index in [1.807, 2.05) is 31.7 Å². The summed E-state index contributed by atoms with van der Waals surface area (Å²) in [5.41, 5.74) is 1.73. The zero-order chi connectivity index (χ0) is 49.5. The van der Waals surface area contributed by atoms with Gasteiger partial charge in [0.1, 0.15) is 6.20 Å². The molecule has 3 aliphatic heterocycles. The van der Waals surface area contributed by atoms with E-state index in [9.17, 15) is 58.1 Å². The van der Waals surface area contributed by atoms with Crippen LogP contribution < -0.4 is 9.47 Å². The summed E-state index contributed by atoms with van der Waals surface area (Å²) in [4.78, 5) is 66.0. The van der Waals surface area contributed by atoms with Crippen molar-refractivity contribution in [3.8, 4) is 0 Å². The van der Waals surface area contributed by atoms with Crippen LogP contribution in [0.25, 0.3) is 0 Å². The van der Waals surface area contributed by atoms with Crippen molar-refractivity contribution in [1.82, 2.24) is 10.1 Å². The zero-order valence-electron chi connectivity index (χ0n) is 37.8. The van der Waals surface area contributed by atoms with Crippen LogP contribution in [0.4, 0.5) is 11.5 Å². The largest absolute Gasteiger partial charge is 0.344 e. The van der Waals surface area contributed by atoms with Crippen LogP contribution in [0, 0.1) is 0 Å². The molecule has 1 atom stereocenters. The molecule has 1 aromatic carbocycles. The van der Waals surface area contributed by atoms with Crippen LogP contribution in [0.5, 0.6) is 0 Å². The van der Waals surface area contributed by atoms with E-state index < -0.39 is 76.4 Å². The van der Waals surface area contributed by atoms with E-state index in [1.165, 1.54) is 32.5 Å². The van der Waals surface area contributed by atoms with Crippen molar-refractivity contribution in [2.45, 2.75) is 101 Å². The average molecular weight is 991 g/mol. The van der Waals surface area contributed by atoms with E-state index >= 15 is 0 Å². The molecule has 364 valence electrons. The van der Waals surface area contributed by atoms with E-state index in [2.05, 4.69) is 0 Å². The Labute approximate surface area is 390 Å². The van der Waals surface area contributed by atoms with Crippen LogP contribution in [0.15, 0.2) is 88.6 Å². The van der Waals surface area contributed by atoms with Crippen molar-refractivity contribution in [3.05, 3.63) is 95.4 Å². The number of hydrogen-bond donors (Lipinski definition) is 3. The average Bonchev–Trinajstić information content (AvgIpc) is 3.78. The molecule has 0 bridgehead atoms. The number of rotatable bonds is 22. The Morgan fingerprint density at radius 2 is 1.49 bits per heavy atom. The molecule has 67 heavy (non-hydrogen) atoms. The van der Waals surface area contributed by atoms with Crippen LogP contribution in [-0.4, -0.2) is 111 Å². The number of aryl methyl sites for hydroxylation is 1. The number of imide groups is 1. The molecule has 1 fully saturated rings. The molecule has 0 aliphatic carbocycles. The van der Waals surface area contributed by atoms with Crippen LogP contribution in [0.1, 0.15) is 100 Å². The fourth-order valence-corrected chi connectivity index (χ4v) is 9.68. The smallest absolute Gasteiger partial charge is 0.333 e. The van der Waals surface area contributed by atoms with Crippen molar-refractivity contribution in [3.63, 3.8) is 0 Å². The van der Waals surface area contributed by atoms with Crippen molar-refractivity contribution in [1.29, 1.82) is 0 Å². The molecule has 3 aliphatic rings. The molecule has 1 saturated heterocycles. The minimum absolute atomic E-state index is 0.00280. The molecular formula is C44H56N5O15S3+. The molecule has 1 unspecified atom stereocenters. The third-order valence-electron chi connectivity index (χ3n) is 11.8. The van der Waals surface area contributed by atoms with Gasteiger partial charge in [0.15, 0.2) is 5.71 Å². The quantitative estimate of drug-likeness (QED) is 0.0361. The number of pyridine rings is 1. The molecule has 3 amide bonds. The topological polar surface area (TPSA) is 276 Å². The summed E-state index contributed by atoms with van der Waals surface area (Å²) in [6.45, 7) is 6.20. The first kappa shape index (κ1) is 52.5. The first-order chi connectivity index (χ1) is 31.3. The highest BCUT2D eigenvalue weighted by molar-refractivity contribution is 7.86. The third kappa shape index (κ3) is 13.2. The highest BCUT2D eigenvalue weighted by Crippen LogP contribution is 2.49. The van der Waals surface area contributed by atoms with Gasteiger partial charge in [-0.2, -0.15) is 25.3 Å². The normalized spacial score (nSPS) is 19.0. The van der Waals surface area contributed by atoms with Gasteiger partial charge in [0.25, 0.3) is 48.1 Å². The molecule has 23 heteroatoms. The molecule has 4 heterocycles. The summed E-state index contributed by atoms with van der Waals surface area (Å²) in [7, 11) is -10.4. The SMILES string of the molecule is CON(C)C(=O)c1cc2c([n+](CCCS(=O)(=O)O)c1)N=C(/C=C/C=C/C=C/C=C1/N(CCCCCC(=O)ON3C(=O)CCC3=O)c3ccc(S(=O)(=O)O)cc3C1(C)C)C2(C)CCCS(=O)(=O)O. The summed E-state index contributed by atoms with van der Waals surface area (Å²) < 4.78 is 101. The molecule has 1 aromatic heterocycles. The van der Waals surface area contributed by atoms with Gasteiger partial charge in [-0.15, -0.1) is 5.06 Å². The lowest BCUT2D eigenvalue weighted by Gasteiger charge is -2.27. The monoisotopic (exact) mass is 990 g/mol. The summed E-state index contributed by atoms with van der Waals surface area (Å²) in [5, 5.41) is 1.52. The Morgan fingerprint density at radius 1 is 0.851 bits per heavy atom. The van der Waals surface area contributed by atoms with Gasteiger partial charge in [0.2, 0.25) is 0 Å². The Balaban J connectivity index is 1.37. The van der Waals surface area contributed by atoms with Crippen LogP contribution in [0.3, 0.4) is 0 Å². The zero-order valence-corrected chi connectivity index (χ0v) is 40.3. The lowest BCUT2D eigenvalue weighted by molar-refractivity contribution is -0.684. The molecule has 2 aromatic rings. The standard InChI is InChI=1S/C44H55N5O15S3/c1-43(2)33-29-32(67(60,61)62)19-20-35(33)48(25-13-9-12-18-40(52)64-49-38(50)21-22-39(49)51)37(43)17-11-8-6-7-10-16-36-44(3,23-14-26-65(54,55)56)34-28-31(42(53)46(4)63-5)30-47(41(34)45-36)24-15-27-66(57,58)59/h6-8,10-11,16-17,19-20,28-30H,9,12-15,18,21-27H2,1-5H3,(H2-,54,55,56,57,58,59,60,61,62)/p+1. The summed E-state index contributed by atoms with van der Waals surface area (Å²) in [6, 6.07) is 6.03. The van der Waals surface area contributed by atoms with Gasteiger partial charge in [0, 0.05) is 56.1 Å². The number of allylic oxidation sites excluding steroid dienone is 8. The van der Waals surface area contributed by atoms with Gasteiger partial charge in [-0.05, 0) is 79.6 Å². The second kappa shape index (κ2) is 21.3. The number of aromatic nitrogens is 1. The van der Waals surface area contributed by atoms with Gasteiger partial charge < -0.3 is 9.74 Å². The van der Waals surface area contributed by atoms with Crippen LogP contribution in [0.2, 0.25) is 0 Å². The molecule has 0 spiro atoms. The van der Waals surface area contributed by atoms with Crippen LogP contribution >= 0.6 is 0 Å². The molecular weight excluding hydrogens is 935 g/mol. The maximum Gasteiger partial charge on any atom is 0.333 e. The van der Waals surface area contributed by atoms with E-state index in [1.54, 1.807) is 53.2 Å². The number of carbonyl (C=O) groups excluding carboxylic acids is 4. The number of fused-ring (bicyclic) bond motifs is 2. The lowest BCUT2D eigenvalue weighted by Crippen LogP contribution is -2.39. The fraction of sp³-hybridized carbons (Fsp3) is 0.455. The fourth-order valence-electron chi connectivity index (χ4n) is 8.17. The van der Waals surface area contributed by atoms with Crippen molar-refractivity contribution in [2.75, 3.05) is 37.1 Å². The van der Waals surface area contributed by atoms with Gasteiger partial charge in [-0.25, -0.2) is 14.4 Å². The van der Waals surface area contributed by atoms with Crippen molar-refractivity contribution >= 4 is 71.3 Å². The second-order valence-corrected chi connectivity index (χ2v) is 21.5. The number of hydroxylamine groups is 4. The van der Waals surface area contributed by atoms with E-state index in [0.717, 1.165) is 16.4 Å². The Hall–Kier alpha value is -5.43. The predicted octanol–water partition coefficient (Wildman–Crippen LogP) is 4.66. The summed E-state index contributed by atoms with van der Waals surface area (Å²) in [5.74, 6) is -3.01. The minimum atomic E-state index is -4.50. The Morgan fingerprint density at radius 3 is 2.13 bits per heavy atom. The maximum absolute atomic E-state index is 13.3. The predicted molar refractivity (Wildman–Crippen MR) is 245 cm³/mol. The number of benzene rings is 1. The molecule has 0 radical (unpaired) electrons. The Bertz CT molecular complexity index is 2770. The van der Waals surface area contributed by atoms with Gasteiger partial charge in [0.05, 0.1) is 46.6 Å². The number of unbranched alkanes of at least 4 members (excludes halogenated alkanes) is 2. The number of anilines is 1. The minimum Gasteiger partial charge on any atom is -0.344 e. The van der Waals surface area contributed by atoms with Gasteiger partial charge in [-0.3, -0.25) is 32.9 Å². The van der Waals surface area contributed by atoms with Gasteiger partial charge >= 0.3 is 11.8 Å².